The highest BCUT2D eigenvalue weighted by Gasteiger charge is 2.14. The maximum Gasteiger partial charge on any atom is 0.263 e. The van der Waals surface area contributed by atoms with Crippen molar-refractivity contribution in [2.75, 3.05) is 20.7 Å². The summed E-state index contributed by atoms with van der Waals surface area (Å²) in [5, 5.41) is 9.82. The molecule has 1 heterocycles. The van der Waals surface area contributed by atoms with Gasteiger partial charge in [-0.1, -0.05) is 18.2 Å². The van der Waals surface area contributed by atoms with Gasteiger partial charge in [0.2, 0.25) is 0 Å². The number of hydrogen-bond donors (Lipinski definition) is 2. The Morgan fingerprint density at radius 3 is 2.65 bits per heavy atom. The molecule has 2 aromatic rings. The molecule has 0 bridgehead atoms. The first-order valence-electron chi connectivity index (χ1n) is 7.86. The van der Waals surface area contributed by atoms with Crippen molar-refractivity contribution in [3.8, 4) is 11.5 Å². The molecular formula is C19H20N2O5. The number of carbonyl (C=O) groups excluding carboxylic acids is 2. The number of ether oxygens (including phenoxy) is 1. The fraction of sp³-hybridized carbons (Fsp3) is 0.211. The quantitative estimate of drug-likeness (QED) is 0.607. The second kappa shape index (κ2) is 8.15. The third-order valence-corrected chi connectivity index (χ3v) is 3.54. The fourth-order valence-corrected chi connectivity index (χ4v) is 2.15. The second-order valence-corrected chi connectivity index (χ2v) is 5.89. The molecule has 0 aliphatic rings. The summed E-state index contributed by atoms with van der Waals surface area (Å²) in [6, 6.07) is 8.13. The molecule has 1 aromatic heterocycles. The molecule has 7 nitrogen and oxygen atoms in total. The molecule has 2 N–H and O–H groups in total. The van der Waals surface area contributed by atoms with Crippen LogP contribution in [0.25, 0.3) is 6.08 Å². The van der Waals surface area contributed by atoms with Gasteiger partial charge in [-0.3, -0.25) is 14.4 Å². The van der Waals surface area contributed by atoms with E-state index in [4.69, 9.17) is 4.74 Å². The zero-order chi connectivity index (χ0) is 19.3. The van der Waals surface area contributed by atoms with Gasteiger partial charge < -0.3 is 19.7 Å². The van der Waals surface area contributed by atoms with Crippen molar-refractivity contribution in [3.63, 3.8) is 0 Å². The van der Waals surface area contributed by atoms with E-state index in [9.17, 15) is 19.5 Å². The van der Waals surface area contributed by atoms with E-state index in [0.717, 1.165) is 0 Å². The molecule has 1 amide bonds. The van der Waals surface area contributed by atoms with Crippen LogP contribution >= 0.6 is 0 Å². The van der Waals surface area contributed by atoms with E-state index in [1.54, 1.807) is 45.3 Å². The maximum absolute atomic E-state index is 12.2. The molecule has 2 rings (SSSR count). The van der Waals surface area contributed by atoms with Crippen molar-refractivity contribution < 1.29 is 19.4 Å². The number of hydrogen-bond acceptors (Lipinski definition) is 5. The average Bonchev–Trinajstić information content (AvgIpc) is 2.57. The van der Waals surface area contributed by atoms with Gasteiger partial charge in [0.25, 0.3) is 11.5 Å². The minimum absolute atomic E-state index is 0.0916. The zero-order valence-electron chi connectivity index (χ0n) is 14.8. The van der Waals surface area contributed by atoms with E-state index in [1.165, 1.54) is 23.1 Å². The number of aromatic amines is 1. The standard InChI is InChI=1S/C19H20N2O5/c1-12-9-16(23)18(19(25)20-12)15(22)8-7-13-5-4-6-14(10-13)26-11-17(24)21(2)3/h4-10H,11H2,1-3H3,(H2,20,23,25)/b8-7+. The number of allylic oxidation sites excluding steroid dienone is 1. The van der Waals surface area contributed by atoms with Gasteiger partial charge in [0.05, 0.1) is 0 Å². The number of benzene rings is 1. The van der Waals surface area contributed by atoms with Crippen LogP contribution in [0.4, 0.5) is 0 Å². The lowest BCUT2D eigenvalue weighted by atomic mass is 10.1. The summed E-state index contributed by atoms with van der Waals surface area (Å²) in [4.78, 5) is 39.5. The zero-order valence-corrected chi connectivity index (χ0v) is 14.8. The lowest BCUT2D eigenvalue weighted by Crippen LogP contribution is -2.27. The minimum atomic E-state index is -0.642. The number of nitrogens with zero attached hydrogens (tertiary/aromatic N) is 1. The van der Waals surface area contributed by atoms with Gasteiger partial charge in [0, 0.05) is 19.8 Å². The SMILES string of the molecule is Cc1cc(O)c(C(=O)/C=C/c2cccc(OCC(=O)N(C)C)c2)c(=O)[nH]1. The molecular weight excluding hydrogens is 336 g/mol. The number of aryl methyl sites for hydroxylation is 1. The van der Waals surface area contributed by atoms with Gasteiger partial charge in [-0.2, -0.15) is 0 Å². The Labute approximate surface area is 150 Å². The molecule has 0 aliphatic heterocycles. The van der Waals surface area contributed by atoms with Gasteiger partial charge in [0.1, 0.15) is 17.1 Å². The molecule has 136 valence electrons. The Balaban J connectivity index is 2.13. The minimum Gasteiger partial charge on any atom is -0.507 e. The number of likely N-dealkylation sites (N-methyl/N-ethyl adjacent to an activating group) is 1. The lowest BCUT2D eigenvalue weighted by Gasteiger charge is -2.11. The number of pyridine rings is 1. The maximum atomic E-state index is 12.2. The first kappa shape index (κ1) is 19.0. The molecule has 0 saturated carbocycles. The van der Waals surface area contributed by atoms with Crippen LogP contribution in [-0.2, 0) is 4.79 Å². The molecule has 0 unspecified atom stereocenters. The summed E-state index contributed by atoms with van der Waals surface area (Å²) in [6.45, 7) is 1.52. The molecule has 1 aromatic carbocycles. The van der Waals surface area contributed by atoms with Gasteiger partial charge in [-0.25, -0.2) is 0 Å². The topological polar surface area (TPSA) is 99.7 Å². The second-order valence-electron chi connectivity index (χ2n) is 5.89. The summed E-state index contributed by atoms with van der Waals surface area (Å²) in [5.41, 5.74) is 0.161. The van der Waals surface area contributed by atoms with E-state index >= 15 is 0 Å². The summed E-state index contributed by atoms with van der Waals surface area (Å²) in [5.74, 6) is -0.668. The fourth-order valence-electron chi connectivity index (χ4n) is 2.15. The van der Waals surface area contributed by atoms with Gasteiger partial charge in [-0.15, -0.1) is 0 Å². The number of ketones is 1. The van der Waals surface area contributed by atoms with Crippen LogP contribution in [-0.4, -0.2) is 47.4 Å². The number of H-pyrrole nitrogens is 1. The highest BCUT2D eigenvalue weighted by atomic mass is 16.5. The van der Waals surface area contributed by atoms with Crippen LogP contribution < -0.4 is 10.3 Å². The molecule has 7 heteroatoms. The lowest BCUT2D eigenvalue weighted by molar-refractivity contribution is -0.130. The van der Waals surface area contributed by atoms with Crippen LogP contribution in [0.3, 0.4) is 0 Å². The smallest absolute Gasteiger partial charge is 0.263 e. The van der Waals surface area contributed by atoms with E-state index in [2.05, 4.69) is 4.98 Å². The number of aromatic nitrogens is 1. The Morgan fingerprint density at radius 2 is 2.00 bits per heavy atom. The summed E-state index contributed by atoms with van der Waals surface area (Å²) in [6.07, 6.45) is 2.70. The molecule has 0 atom stereocenters. The van der Waals surface area contributed by atoms with E-state index in [0.29, 0.717) is 17.0 Å². The molecule has 0 radical (unpaired) electrons. The largest absolute Gasteiger partial charge is 0.507 e. The van der Waals surface area contributed by atoms with Crippen molar-refractivity contribution in [3.05, 3.63) is 63.6 Å². The molecule has 0 saturated heterocycles. The summed E-state index contributed by atoms with van der Waals surface area (Å²) in [7, 11) is 3.28. The third kappa shape index (κ3) is 4.83. The van der Waals surface area contributed by atoms with E-state index in [-0.39, 0.29) is 23.8 Å². The summed E-state index contributed by atoms with van der Waals surface area (Å²) >= 11 is 0. The Bertz CT molecular complexity index is 912. The number of amides is 1. The van der Waals surface area contributed by atoms with Gasteiger partial charge in [-0.05, 0) is 36.8 Å². The van der Waals surface area contributed by atoms with Gasteiger partial charge >= 0.3 is 0 Å². The summed E-state index contributed by atoms with van der Waals surface area (Å²) < 4.78 is 5.41. The average molecular weight is 356 g/mol. The van der Waals surface area contributed by atoms with Crippen molar-refractivity contribution in [2.24, 2.45) is 0 Å². The van der Waals surface area contributed by atoms with E-state index < -0.39 is 11.3 Å². The first-order chi connectivity index (χ1) is 12.3. The van der Waals surface area contributed by atoms with Crippen LogP contribution in [0, 0.1) is 6.92 Å². The third-order valence-electron chi connectivity index (χ3n) is 3.54. The molecule has 0 spiro atoms. The highest BCUT2D eigenvalue weighted by molar-refractivity contribution is 6.08. The molecule has 0 fully saturated rings. The highest BCUT2D eigenvalue weighted by Crippen LogP contribution is 2.17. The van der Waals surface area contributed by atoms with Crippen LogP contribution in [0.5, 0.6) is 11.5 Å². The molecule has 0 aliphatic carbocycles. The van der Waals surface area contributed by atoms with Crippen molar-refractivity contribution in [1.29, 1.82) is 0 Å². The molecule has 26 heavy (non-hydrogen) atoms. The normalized spacial score (nSPS) is 10.7. The van der Waals surface area contributed by atoms with Crippen LogP contribution in [0.15, 0.2) is 41.2 Å². The van der Waals surface area contributed by atoms with Crippen LogP contribution in [0.2, 0.25) is 0 Å². The number of nitrogens with one attached hydrogen (secondary N) is 1. The Morgan fingerprint density at radius 1 is 1.27 bits per heavy atom. The Hall–Kier alpha value is -3.35. The van der Waals surface area contributed by atoms with Crippen LogP contribution in [0.1, 0.15) is 21.6 Å². The van der Waals surface area contributed by atoms with E-state index in [1.807, 2.05) is 0 Å². The number of aromatic hydroxyl groups is 1. The predicted octanol–water partition coefficient (Wildman–Crippen LogP) is 1.75. The van der Waals surface area contributed by atoms with Crippen molar-refractivity contribution >= 4 is 17.8 Å². The Kier molecular flexibility index (Phi) is 5.95. The van der Waals surface area contributed by atoms with Crippen molar-refractivity contribution in [1.82, 2.24) is 9.88 Å². The monoisotopic (exact) mass is 356 g/mol. The number of carbonyl (C=O) groups is 2. The first-order valence-corrected chi connectivity index (χ1v) is 7.86. The number of rotatable bonds is 6. The van der Waals surface area contributed by atoms with Crippen molar-refractivity contribution in [2.45, 2.75) is 6.92 Å². The predicted molar refractivity (Wildman–Crippen MR) is 97.5 cm³/mol. The van der Waals surface area contributed by atoms with Gasteiger partial charge in [0.15, 0.2) is 12.4 Å².